The van der Waals surface area contributed by atoms with Gasteiger partial charge in [-0.05, 0) is 19.8 Å². The third kappa shape index (κ3) is 6.78. The van der Waals surface area contributed by atoms with Gasteiger partial charge in [-0.25, -0.2) is 0 Å². The number of halogens is 1. The van der Waals surface area contributed by atoms with Gasteiger partial charge in [-0.1, -0.05) is 65.7 Å². The Labute approximate surface area is 119 Å². The van der Waals surface area contributed by atoms with Gasteiger partial charge >= 0.3 is 0 Å². The predicted octanol–water partition coefficient (Wildman–Crippen LogP) is 5.74. The van der Waals surface area contributed by atoms with Crippen LogP contribution in [-0.2, 0) is 4.79 Å². The van der Waals surface area contributed by atoms with Crippen LogP contribution in [0.2, 0.25) is 0 Å². The molecule has 0 saturated heterocycles. The van der Waals surface area contributed by atoms with Crippen molar-refractivity contribution in [2.45, 2.75) is 90.9 Å². The molecule has 2 heteroatoms. The van der Waals surface area contributed by atoms with Crippen molar-refractivity contribution in [2.24, 2.45) is 5.41 Å². The monoisotopic (exact) mass is 274 g/mol. The van der Waals surface area contributed by atoms with Gasteiger partial charge in [-0.3, -0.25) is 4.79 Å². The smallest absolute Gasteiger partial charge is 0.156 e. The van der Waals surface area contributed by atoms with Gasteiger partial charge in [0.2, 0.25) is 0 Å². The van der Waals surface area contributed by atoms with Crippen molar-refractivity contribution in [2.75, 3.05) is 0 Å². The maximum Gasteiger partial charge on any atom is 0.156 e. The van der Waals surface area contributed by atoms with E-state index in [0.29, 0.717) is 0 Å². The first-order valence-corrected chi connectivity index (χ1v) is 8.10. The molecule has 0 spiro atoms. The molecular formula is C16H31ClO. The Morgan fingerprint density at radius 2 is 1.50 bits per heavy atom. The molecule has 0 saturated carbocycles. The van der Waals surface area contributed by atoms with Crippen LogP contribution < -0.4 is 0 Å². The maximum atomic E-state index is 12.3. The standard InChI is InChI=1S/C16H31ClO/c1-5-7-9-10-11-13-16(4,12-8-6-2)15(18)14(3)17/h14H,5-13H2,1-4H3. The van der Waals surface area contributed by atoms with Crippen molar-refractivity contribution in [3.05, 3.63) is 0 Å². The van der Waals surface area contributed by atoms with Gasteiger partial charge in [-0.2, -0.15) is 0 Å². The van der Waals surface area contributed by atoms with Crippen molar-refractivity contribution >= 4 is 17.4 Å². The molecule has 0 amide bonds. The van der Waals surface area contributed by atoms with E-state index in [2.05, 4.69) is 20.8 Å². The molecule has 0 N–H and O–H groups in total. The van der Waals surface area contributed by atoms with Gasteiger partial charge in [0.05, 0.1) is 5.38 Å². The van der Waals surface area contributed by atoms with E-state index in [1.165, 1.54) is 25.7 Å². The quantitative estimate of drug-likeness (QED) is 0.347. The summed E-state index contributed by atoms with van der Waals surface area (Å²) in [7, 11) is 0. The van der Waals surface area contributed by atoms with Crippen molar-refractivity contribution in [3.63, 3.8) is 0 Å². The third-order valence-corrected chi connectivity index (χ3v) is 4.07. The molecule has 18 heavy (non-hydrogen) atoms. The summed E-state index contributed by atoms with van der Waals surface area (Å²) in [4.78, 5) is 12.3. The molecule has 0 aliphatic carbocycles. The second kappa shape index (κ2) is 9.83. The lowest BCUT2D eigenvalue weighted by Crippen LogP contribution is -2.33. The topological polar surface area (TPSA) is 17.1 Å². The normalized spacial score (nSPS) is 16.3. The van der Waals surface area contributed by atoms with Crippen molar-refractivity contribution in [1.82, 2.24) is 0 Å². The fourth-order valence-electron chi connectivity index (χ4n) is 2.54. The number of rotatable bonds is 11. The third-order valence-electron chi connectivity index (χ3n) is 3.87. The second-order valence-electron chi connectivity index (χ2n) is 5.81. The molecule has 0 bridgehead atoms. The molecule has 0 aromatic carbocycles. The Morgan fingerprint density at radius 1 is 1.00 bits per heavy atom. The number of hydrogen-bond donors (Lipinski definition) is 0. The summed E-state index contributed by atoms with van der Waals surface area (Å²) in [5.41, 5.74) is -0.191. The number of unbranched alkanes of at least 4 members (excludes halogenated alkanes) is 5. The minimum Gasteiger partial charge on any atom is -0.297 e. The Balaban J connectivity index is 4.25. The van der Waals surface area contributed by atoms with Crippen molar-refractivity contribution in [1.29, 1.82) is 0 Å². The molecular weight excluding hydrogens is 244 g/mol. The molecule has 1 nitrogen and oxygen atoms in total. The number of ketones is 1. The SMILES string of the molecule is CCCCCCCC(C)(CCCC)C(=O)C(C)Cl. The Hall–Kier alpha value is -0.0400. The first-order chi connectivity index (χ1) is 8.48. The minimum absolute atomic E-state index is 0.191. The average Bonchev–Trinajstić information content (AvgIpc) is 2.35. The zero-order valence-corrected chi connectivity index (χ0v) is 13.5. The molecule has 2 unspecified atom stereocenters. The Morgan fingerprint density at radius 3 is 2.00 bits per heavy atom. The van der Waals surface area contributed by atoms with Crippen LogP contribution in [0.15, 0.2) is 0 Å². The number of carbonyl (C=O) groups is 1. The highest BCUT2D eigenvalue weighted by Gasteiger charge is 2.34. The lowest BCUT2D eigenvalue weighted by Gasteiger charge is -2.29. The van der Waals surface area contributed by atoms with Gasteiger partial charge in [0.1, 0.15) is 0 Å². The number of carbonyl (C=O) groups excluding carboxylic acids is 1. The van der Waals surface area contributed by atoms with Gasteiger partial charge in [-0.15, -0.1) is 11.6 Å². The van der Waals surface area contributed by atoms with Crippen LogP contribution in [-0.4, -0.2) is 11.2 Å². The molecule has 2 atom stereocenters. The fourth-order valence-corrected chi connectivity index (χ4v) is 2.80. The van der Waals surface area contributed by atoms with E-state index in [4.69, 9.17) is 11.6 Å². The minimum atomic E-state index is -0.345. The average molecular weight is 275 g/mol. The molecule has 108 valence electrons. The maximum absolute atomic E-state index is 12.3. The van der Waals surface area contributed by atoms with E-state index >= 15 is 0 Å². The highest BCUT2D eigenvalue weighted by molar-refractivity contribution is 6.31. The second-order valence-corrected chi connectivity index (χ2v) is 6.46. The van der Waals surface area contributed by atoms with Gasteiger partial charge in [0, 0.05) is 5.41 Å². The molecule has 0 aliphatic heterocycles. The van der Waals surface area contributed by atoms with Crippen LogP contribution in [0.4, 0.5) is 0 Å². The number of alkyl halides is 1. The van der Waals surface area contributed by atoms with E-state index in [9.17, 15) is 4.79 Å². The summed E-state index contributed by atoms with van der Waals surface area (Å²) in [5.74, 6) is 0.244. The molecule has 0 aromatic rings. The molecule has 0 aliphatic rings. The Bertz CT molecular complexity index is 225. The van der Waals surface area contributed by atoms with Crippen LogP contribution in [0.1, 0.15) is 85.5 Å². The lowest BCUT2D eigenvalue weighted by atomic mass is 9.75. The highest BCUT2D eigenvalue weighted by Crippen LogP contribution is 2.34. The van der Waals surface area contributed by atoms with Crippen LogP contribution >= 0.6 is 11.6 Å². The van der Waals surface area contributed by atoms with Crippen LogP contribution in [0, 0.1) is 5.41 Å². The first kappa shape index (κ1) is 18.0. The predicted molar refractivity (Wildman–Crippen MR) is 81.3 cm³/mol. The molecule has 0 rings (SSSR count). The molecule has 0 radical (unpaired) electrons. The van der Waals surface area contributed by atoms with E-state index < -0.39 is 0 Å². The first-order valence-electron chi connectivity index (χ1n) is 7.66. The van der Waals surface area contributed by atoms with E-state index in [-0.39, 0.29) is 16.6 Å². The molecule has 0 aromatic heterocycles. The van der Waals surface area contributed by atoms with E-state index in [1.54, 1.807) is 0 Å². The van der Waals surface area contributed by atoms with Gasteiger partial charge in [0.25, 0.3) is 0 Å². The van der Waals surface area contributed by atoms with Crippen LogP contribution in [0.5, 0.6) is 0 Å². The highest BCUT2D eigenvalue weighted by atomic mass is 35.5. The van der Waals surface area contributed by atoms with Gasteiger partial charge < -0.3 is 0 Å². The summed E-state index contributed by atoms with van der Waals surface area (Å²) in [5, 5.41) is -0.345. The number of hydrogen-bond acceptors (Lipinski definition) is 1. The molecule has 0 heterocycles. The van der Waals surface area contributed by atoms with Crippen LogP contribution in [0.25, 0.3) is 0 Å². The van der Waals surface area contributed by atoms with Gasteiger partial charge in [0.15, 0.2) is 5.78 Å². The molecule has 0 fully saturated rings. The zero-order chi connectivity index (χ0) is 14.0. The van der Waals surface area contributed by atoms with E-state index in [1.807, 2.05) is 6.92 Å². The summed E-state index contributed by atoms with van der Waals surface area (Å²) in [6.45, 7) is 8.33. The summed E-state index contributed by atoms with van der Waals surface area (Å²) in [6, 6.07) is 0. The number of Topliss-reactive ketones (excluding diaryl/α,β-unsaturated/α-hetero) is 1. The Kier molecular flexibility index (Phi) is 9.81. The zero-order valence-electron chi connectivity index (χ0n) is 12.7. The van der Waals surface area contributed by atoms with Crippen molar-refractivity contribution < 1.29 is 4.79 Å². The lowest BCUT2D eigenvalue weighted by molar-refractivity contribution is -0.128. The van der Waals surface area contributed by atoms with Crippen molar-refractivity contribution in [3.8, 4) is 0 Å². The summed E-state index contributed by atoms with van der Waals surface area (Å²) in [6.07, 6.45) is 10.6. The summed E-state index contributed by atoms with van der Waals surface area (Å²) < 4.78 is 0. The largest absolute Gasteiger partial charge is 0.297 e. The summed E-state index contributed by atoms with van der Waals surface area (Å²) >= 11 is 6.00. The van der Waals surface area contributed by atoms with E-state index in [0.717, 1.165) is 32.1 Å². The van der Waals surface area contributed by atoms with Crippen LogP contribution in [0.3, 0.4) is 0 Å². The fraction of sp³-hybridized carbons (Fsp3) is 0.938.